The molecule has 1 aromatic heterocycles. The predicted molar refractivity (Wildman–Crippen MR) is 77.3 cm³/mol. The molecule has 2 aromatic carbocycles. The zero-order valence-electron chi connectivity index (χ0n) is 11.6. The molecule has 3 aromatic rings. The molecule has 3 rings (SSSR count). The van der Waals surface area contributed by atoms with Crippen LogP contribution in [-0.2, 0) is 0 Å². The summed E-state index contributed by atoms with van der Waals surface area (Å²) in [6, 6.07) is 11.7. The van der Waals surface area contributed by atoms with Gasteiger partial charge in [0.1, 0.15) is 5.58 Å². The van der Waals surface area contributed by atoms with E-state index in [2.05, 4.69) is 0 Å². The molecule has 0 radical (unpaired) electrons. The molecule has 106 valence electrons. The Morgan fingerprint density at radius 2 is 2.00 bits per heavy atom. The van der Waals surface area contributed by atoms with Gasteiger partial charge in [-0.15, -0.1) is 0 Å². The molecule has 0 aliphatic heterocycles. The lowest BCUT2D eigenvalue weighted by molar-refractivity contribution is 0.101. The van der Waals surface area contributed by atoms with E-state index in [9.17, 15) is 9.18 Å². The molecule has 0 saturated heterocycles. The minimum Gasteiger partial charge on any atom is -0.494 e. The lowest BCUT2D eigenvalue weighted by atomic mass is 10.1. The highest BCUT2D eigenvalue weighted by molar-refractivity contribution is 6.09. The SMILES string of the molecule is COc1cccc(C(=O)c2cc3cc(C)ccc3o2)c1F. The number of halogens is 1. The van der Waals surface area contributed by atoms with Crippen LogP contribution < -0.4 is 4.74 Å². The molecule has 4 heteroatoms. The summed E-state index contributed by atoms with van der Waals surface area (Å²) in [5.41, 5.74) is 1.60. The van der Waals surface area contributed by atoms with Crippen molar-refractivity contribution in [3.8, 4) is 5.75 Å². The average Bonchev–Trinajstić information content (AvgIpc) is 2.89. The van der Waals surface area contributed by atoms with Gasteiger partial charge in [0.2, 0.25) is 5.78 Å². The third-order valence-corrected chi connectivity index (χ3v) is 3.32. The molecular formula is C17H13FO3. The van der Waals surface area contributed by atoms with Crippen LogP contribution in [0.5, 0.6) is 5.75 Å². The maximum absolute atomic E-state index is 14.1. The number of rotatable bonds is 3. The van der Waals surface area contributed by atoms with Crippen molar-refractivity contribution >= 4 is 16.8 Å². The summed E-state index contributed by atoms with van der Waals surface area (Å²) in [6.07, 6.45) is 0. The molecule has 0 atom stereocenters. The Balaban J connectivity index is 2.08. The second-order valence-electron chi connectivity index (χ2n) is 4.80. The fourth-order valence-corrected chi connectivity index (χ4v) is 2.25. The third kappa shape index (κ3) is 2.29. The van der Waals surface area contributed by atoms with Gasteiger partial charge in [0.15, 0.2) is 17.3 Å². The fourth-order valence-electron chi connectivity index (χ4n) is 2.25. The normalized spacial score (nSPS) is 10.8. The van der Waals surface area contributed by atoms with Crippen LogP contribution in [0, 0.1) is 12.7 Å². The van der Waals surface area contributed by atoms with Gasteiger partial charge >= 0.3 is 0 Å². The standard InChI is InChI=1S/C17H13FO3/c1-10-6-7-13-11(8-10)9-15(21-13)17(19)12-4-3-5-14(20-2)16(12)18/h3-9H,1-2H3. The van der Waals surface area contributed by atoms with Crippen LogP contribution >= 0.6 is 0 Å². The molecule has 0 fully saturated rings. The van der Waals surface area contributed by atoms with Gasteiger partial charge in [-0.25, -0.2) is 4.39 Å². The number of furan rings is 1. The molecular weight excluding hydrogens is 271 g/mol. The number of carbonyl (C=O) groups excluding carboxylic acids is 1. The summed E-state index contributed by atoms with van der Waals surface area (Å²) in [7, 11) is 1.36. The van der Waals surface area contributed by atoms with Gasteiger partial charge in [0.25, 0.3) is 0 Å². The Morgan fingerprint density at radius 1 is 1.19 bits per heavy atom. The van der Waals surface area contributed by atoms with Crippen LogP contribution in [-0.4, -0.2) is 12.9 Å². The summed E-state index contributed by atoms with van der Waals surface area (Å²) >= 11 is 0. The maximum atomic E-state index is 14.1. The van der Waals surface area contributed by atoms with Crippen LogP contribution in [0.1, 0.15) is 21.7 Å². The van der Waals surface area contributed by atoms with Crippen molar-refractivity contribution in [3.05, 3.63) is 65.2 Å². The molecule has 0 saturated carbocycles. The number of benzene rings is 2. The van der Waals surface area contributed by atoms with E-state index in [1.165, 1.54) is 19.2 Å². The van der Waals surface area contributed by atoms with Gasteiger partial charge in [-0.05, 0) is 37.3 Å². The zero-order valence-corrected chi connectivity index (χ0v) is 11.6. The lowest BCUT2D eigenvalue weighted by Crippen LogP contribution is -2.04. The maximum Gasteiger partial charge on any atom is 0.231 e. The van der Waals surface area contributed by atoms with Crippen molar-refractivity contribution in [3.63, 3.8) is 0 Å². The highest BCUT2D eigenvalue weighted by Crippen LogP contribution is 2.26. The van der Waals surface area contributed by atoms with Gasteiger partial charge in [0.05, 0.1) is 12.7 Å². The van der Waals surface area contributed by atoms with Gasteiger partial charge in [-0.3, -0.25) is 4.79 Å². The summed E-state index contributed by atoms with van der Waals surface area (Å²) in [5, 5.41) is 0.821. The summed E-state index contributed by atoms with van der Waals surface area (Å²) in [5.74, 6) is -1.03. The Kier molecular flexibility index (Phi) is 3.22. The third-order valence-electron chi connectivity index (χ3n) is 3.32. The van der Waals surface area contributed by atoms with E-state index in [4.69, 9.17) is 9.15 Å². The first-order valence-electron chi connectivity index (χ1n) is 6.47. The smallest absolute Gasteiger partial charge is 0.231 e. The average molecular weight is 284 g/mol. The van der Waals surface area contributed by atoms with Crippen molar-refractivity contribution < 1.29 is 18.3 Å². The van der Waals surface area contributed by atoms with E-state index in [1.54, 1.807) is 18.2 Å². The first-order chi connectivity index (χ1) is 10.1. The van der Waals surface area contributed by atoms with Gasteiger partial charge < -0.3 is 9.15 Å². The van der Waals surface area contributed by atoms with Crippen LogP contribution in [0.2, 0.25) is 0 Å². The number of methoxy groups -OCH3 is 1. The van der Waals surface area contributed by atoms with Gasteiger partial charge in [-0.2, -0.15) is 0 Å². The quantitative estimate of drug-likeness (QED) is 0.679. The number of aryl methyl sites for hydroxylation is 1. The van der Waals surface area contributed by atoms with Crippen LogP contribution in [0.25, 0.3) is 11.0 Å². The minimum absolute atomic E-state index is 0.0350. The van der Waals surface area contributed by atoms with Gasteiger partial charge in [0, 0.05) is 5.39 Å². The minimum atomic E-state index is -0.679. The topological polar surface area (TPSA) is 39.4 Å². The van der Waals surface area contributed by atoms with Crippen molar-refractivity contribution in [2.45, 2.75) is 6.92 Å². The molecule has 1 heterocycles. The monoisotopic (exact) mass is 284 g/mol. The number of ketones is 1. The highest BCUT2D eigenvalue weighted by atomic mass is 19.1. The summed E-state index contributed by atoms with van der Waals surface area (Å²) in [4.78, 5) is 12.4. The molecule has 0 aliphatic carbocycles. The summed E-state index contributed by atoms with van der Waals surface area (Å²) < 4.78 is 24.5. The molecule has 0 aliphatic rings. The van der Waals surface area contributed by atoms with Crippen LogP contribution in [0.4, 0.5) is 4.39 Å². The van der Waals surface area contributed by atoms with E-state index >= 15 is 0 Å². The molecule has 0 spiro atoms. The molecule has 0 N–H and O–H groups in total. The zero-order chi connectivity index (χ0) is 15.0. The highest BCUT2D eigenvalue weighted by Gasteiger charge is 2.20. The lowest BCUT2D eigenvalue weighted by Gasteiger charge is -2.04. The largest absolute Gasteiger partial charge is 0.494 e. The van der Waals surface area contributed by atoms with E-state index in [1.807, 2.05) is 19.1 Å². The number of hydrogen-bond acceptors (Lipinski definition) is 3. The fraction of sp³-hybridized carbons (Fsp3) is 0.118. The summed E-state index contributed by atoms with van der Waals surface area (Å²) in [6.45, 7) is 1.95. The van der Waals surface area contributed by atoms with Crippen molar-refractivity contribution in [1.82, 2.24) is 0 Å². The van der Waals surface area contributed by atoms with Gasteiger partial charge in [-0.1, -0.05) is 17.7 Å². The molecule has 21 heavy (non-hydrogen) atoms. The van der Waals surface area contributed by atoms with E-state index in [-0.39, 0.29) is 17.1 Å². The molecule has 0 bridgehead atoms. The Hall–Kier alpha value is -2.62. The number of hydrogen-bond donors (Lipinski definition) is 0. The first kappa shape index (κ1) is 13.4. The Morgan fingerprint density at radius 3 is 2.76 bits per heavy atom. The predicted octanol–water partition coefficient (Wildman–Crippen LogP) is 4.12. The second-order valence-corrected chi connectivity index (χ2v) is 4.80. The molecule has 3 nitrogen and oxygen atoms in total. The number of ether oxygens (including phenoxy) is 1. The second kappa shape index (κ2) is 5.05. The van der Waals surface area contributed by atoms with Crippen molar-refractivity contribution in [1.29, 1.82) is 0 Å². The molecule has 0 unspecified atom stereocenters. The van der Waals surface area contributed by atoms with Crippen LogP contribution in [0.15, 0.2) is 46.9 Å². The van der Waals surface area contributed by atoms with E-state index in [0.717, 1.165) is 10.9 Å². The van der Waals surface area contributed by atoms with E-state index in [0.29, 0.717) is 5.58 Å². The van der Waals surface area contributed by atoms with Crippen molar-refractivity contribution in [2.75, 3.05) is 7.11 Å². The molecule has 0 amide bonds. The van der Waals surface area contributed by atoms with Crippen LogP contribution in [0.3, 0.4) is 0 Å². The van der Waals surface area contributed by atoms with E-state index < -0.39 is 11.6 Å². The number of fused-ring (bicyclic) bond motifs is 1. The Bertz CT molecular complexity index is 833. The number of carbonyl (C=O) groups is 1. The van der Waals surface area contributed by atoms with Crippen molar-refractivity contribution in [2.24, 2.45) is 0 Å². The first-order valence-corrected chi connectivity index (χ1v) is 6.47. The Labute approximate surface area is 120 Å².